The van der Waals surface area contributed by atoms with E-state index in [1.54, 1.807) is 0 Å². The molecule has 84 valence electrons. The van der Waals surface area contributed by atoms with E-state index in [4.69, 9.17) is 5.73 Å². The molecular formula is C11H24N2O. The monoisotopic (exact) mass is 200 g/mol. The summed E-state index contributed by atoms with van der Waals surface area (Å²) in [5, 5.41) is 9.17. The van der Waals surface area contributed by atoms with Gasteiger partial charge < -0.3 is 10.8 Å². The van der Waals surface area contributed by atoms with Gasteiger partial charge in [0, 0.05) is 12.6 Å². The molecule has 0 spiro atoms. The number of hydrogen-bond acceptors (Lipinski definition) is 3. The molecule has 1 heterocycles. The molecule has 0 bridgehead atoms. The molecule has 1 rings (SSSR count). The van der Waals surface area contributed by atoms with Crippen molar-refractivity contribution in [2.24, 2.45) is 11.7 Å². The Kier molecular flexibility index (Phi) is 5.45. The van der Waals surface area contributed by atoms with Crippen LogP contribution in [-0.2, 0) is 0 Å². The summed E-state index contributed by atoms with van der Waals surface area (Å²) in [4.78, 5) is 2.36. The lowest BCUT2D eigenvalue weighted by Gasteiger charge is -2.28. The Bertz CT molecular complexity index is 148. The highest BCUT2D eigenvalue weighted by Crippen LogP contribution is 2.21. The molecule has 1 saturated heterocycles. The molecule has 1 fully saturated rings. The average Bonchev–Trinajstić information content (AvgIpc) is 2.45. The van der Waals surface area contributed by atoms with Crippen molar-refractivity contribution in [3.63, 3.8) is 0 Å². The SMILES string of the molecule is CCC1CCCN(C(CN)CO)CC1. The Labute approximate surface area is 87.3 Å². The number of nitrogens with zero attached hydrogens (tertiary/aromatic N) is 1. The van der Waals surface area contributed by atoms with Crippen molar-refractivity contribution in [1.82, 2.24) is 4.90 Å². The fraction of sp³-hybridized carbons (Fsp3) is 1.00. The number of rotatable bonds is 4. The molecule has 0 radical (unpaired) electrons. The van der Waals surface area contributed by atoms with E-state index in [2.05, 4.69) is 11.8 Å². The van der Waals surface area contributed by atoms with Crippen LogP contribution in [0.15, 0.2) is 0 Å². The van der Waals surface area contributed by atoms with Crippen LogP contribution < -0.4 is 5.73 Å². The summed E-state index contributed by atoms with van der Waals surface area (Å²) in [5.74, 6) is 0.886. The largest absolute Gasteiger partial charge is 0.395 e. The van der Waals surface area contributed by atoms with Crippen LogP contribution in [0.5, 0.6) is 0 Å². The molecular weight excluding hydrogens is 176 g/mol. The molecule has 0 aromatic rings. The van der Waals surface area contributed by atoms with Gasteiger partial charge in [0.25, 0.3) is 0 Å². The van der Waals surface area contributed by atoms with Crippen molar-refractivity contribution in [2.45, 2.75) is 38.6 Å². The third-order valence-electron chi connectivity index (χ3n) is 3.46. The van der Waals surface area contributed by atoms with E-state index in [0.29, 0.717) is 6.54 Å². The van der Waals surface area contributed by atoms with Gasteiger partial charge in [0.15, 0.2) is 0 Å². The summed E-state index contributed by atoms with van der Waals surface area (Å²) in [6, 6.07) is 0.186. The second-order valence-corrected chi connectivity index (χ2v) is 4.31. The molecule has 0 aromatic carbocycles. The lowest BCUT2D eigenvalue weighted by atomic mass is 9.98. The summed E-state index contributed by atoms with van der Waals surface area (Å²) in [6.45, 7) is 5.27. The lowest BCUT2D eigenvalue weighted by Crippen LogP contribution is -2.43. The maximum Gasteiger partial charge on any atom is 0.0599 e. The molecule has 2 atom stereocenters. The average molecular weight is 200 g/mol. The Hall–Kier alpha value is -0.120. The lowest BCUT2D eigenvalue weighted by molar-refractivity contribution is 0.130. The zero-order valence-electron chi connectivity index (χ0n) is 9.28. The molecule has 14 heavy (non-hydrogen) atoms. The molecule has 3 heteroatoms. The van der Waals surface area contributed by atoms with Crippen LogP contribution in [0.2, 0.25) is 0 Å². The topological polar surface area (TPSA) is 49.5 Å². The molecule has 3 nitrogen and oxygen atoms in total. The number of likely N-dealkylation sites (tertiary alicyclic amines) is 1. The Morgan fingerprint density at radius 3 is 2.79 bits per heavy atom. The summed E-state index contributed by atoms with van der Waals surface area (Å²) in [6.07, 6.45) is 5.16. The van der Waals surface area contributed by atoms with Crippen LogP contribution in [-0.4, -0.2) is 42.3 Å². The van der Waals surface area contributed by atoms with Gasteiger partial charge in [-0.2, -0.15) is 0 Å². The van der Waals surface area contributed by atoms with Crippen LogP contribution in [0.4, 0.5) is 0 Å². The van der Waals surface area contributed by atoms with E-state index in [1.165, 1.54) is 25.7 Å². The molecule has 2 unspecified atom stereocenters. The van der Waals surface area contributed by atoms with Gasteiger partial charge in [0.1, 0.15) is 0 Å². The smallest absolute Gasteiger partial charge is 0.0599 e. The van der Waals surface area contributed by atoms with Gasteiger partial charge in [-0.15, -0.1) is 0 Å². The Balaban J connectivity index is 2.40. The van der Waals surface area contributed by atoms with Crippen LogP contribution in [0.1, 0.15) is 32.6 Å². The minimum absolute atomic E-state index is 0.186. The second-order valence-electron chi connectivity index (χ2n) is 4.31. The van der Waals surface area contributed by atoms with Gasteiger partial charge >= 0.3 is 0 Å². The van der Waals surface area contributed by atoms with Gasteiger partial charge in [-0.25, -0.2) is 0 Å². The zero-order chi connectivity index (χ0) is 10.4. The zero-order valence-corrected chi connectivity index (χ0v) is 9.28. The summed E-state index contributed by atoms with van der Waals surface area (Å²) in [7, 11) is 0. The molecule has 3 N–H and O–H groups in total. The van der Waals surface area contributed by atoms with Crippen molar-refractivity contribution in [1.29, 1.82) is 0 Å². The van der Waals surface area contributed by atoms with E-state index in [-0.39, 0.29) is 12.6 Å². The van der Waals surface area contributed by atoms with Gasteiger partial charge in [-0.3, -0.25) is 4.90 Å². The van der Waals surface area contributed by atoms with E-state index >= 15 is 0 Å². The molecule has 0 aromatic heterocycles. The molecule has 0 saturated carbocycles. The normalized spacial score (nSPS) is 27.2. The fourth-order valence-electron chi connectivity index (χ4n) is 2.30. The predicted molar refractivity (Wildman–Crippen MR) is 59.1 cm³/mol. The van der Waals surface area contributed by atoms with E-state index in [9.17, 15) is 5.11 Å². The van der Waals surface area contributed by atoms with Crippen molar-refractivity contribution < 1.29 is 5.11 Å². The number of nitrogens with two attached hydrogens (primary N) is 1. The standard InChI is InChI=1S/C11H24N2O/c1-2-10-4-3-6-13(7-5-10)11(8-12)9-14/h10-11,14H,2-9,12H2,1H3. The minimum atomic E-state index is 0.186. The van der Waals surface area contributed by atoms with Gasteiger partial charge in [0.2, 0.25) is 0 Å². The first-order chi connectivity index (χ1) is 6.81. The second kappa shape index (κ2) is 6.38. The van der Waals surface area contributed by atoms with Crippen molar-refractivity contribution in [3.05, 3.63) is 0 Å². The number of aliphatic hydroxyl groups excluding tert-OH is 1. The maximum absolute atomic E-state index is 9.17. The first kappa shape index (κ1) is 12.0. The highest BCUT2D eigenvalue weighted by atomic mass is 16.3. The van der Waals surface area contributed by atoms with Crippen LogP contribution in [0.25, 0.3) is 0 Å². The van der Waals surface area contributed by atoms with Crippen molar-refractivity contribution >= 4 is 0 Å². The first-order valence-electron chi connectivity index (χ1n) is 5.86. The fourth-order valence-corrected chi connectivity index (χ4v) is 2.30. The Morgan fingerprint density at radius 1 is 1.43 bits per heavy atom. The van der Waals surface area contributed by atoms with Crippen molar-refractivity contribution in [2.75, 3.05) is 26.2 Å². The highest BCUT2D eigenvalue weighted by Gasteiger charge is 2.20. The Morgan fingerprint density at radius 2 is 2.21 bits per heavy atom. The first-order valence-corrected chi connectivity index (χ1v) is 5.86. The van der Waals surface area contributed by atoms with Crippen LogP contribution in [0, 0.1) is 5.92 Å². The molecule has 1 aliphatic rings. The van der Waals surface area contributed by atoms with Crippen molar-refractivity contribution in [3.8, 4) is 0 Å². The summed E-state index contributed by atoms with van der Waals surface area (Å²) >= 11 is 0. The summed E-state index contributed by atoms with van der Waals surface area (Å²) in [5.41, 5.74) is 5.63. The third-order valence-corrected chi connectivity index (χ3v) is 3.46. The summed E-state index contributed by atoms with van der Waals surface area (Å²) < 4.78 is 0. The highest BCUT2D eigenvalue weighted by molar-refractivity contribution is 4.76. The van der Waals surface area contributed by atoms with Gasteiger partial charge in [-0.05, 0) is 38.3 Å². The predicted octanol–water partition coefficient (Wildman–Crippen LogP) is 0.818. The van der Waals surface area contributed by atoms with Crippen LogP contribution in [0.3, 0.4) is 0 Å². The van der Waals surface area contributed by atoms with Crippen LogP contribution >= 0.6 is 0 Å². The third kappa shape index (κ3) is 3.23. The van der Waals surface area contributed by atoms with Gasteiger partial charge in [0.05, 0.1) is 6.61 Å². The maximum atomic E-state index is 9.17. The van der Waals surface area contributed by atoms with E-state index in [1.807, 2.05) is 0 Å². The molecule has 1 aliphatic heterocycles. The number of hydrogen-bond donors (Lipinski definition) is 2. The molecule has 0 amide bonds. The minimum Gasteiger partial charge on any atom is -0.395 e. The van der Waals surface area contributed by atoms with E-state index < -0.39 is 0 Å². The van der Waals surface area contributed by atoms with Gasteiger partial charge in [-0.1, -0.05) is 13.3 Å². The quantitative estimate of drug-likeness (QED) is 0.706. The van der Waals surface area contributed by atoms with E-state index in [0.717, 1.165) is 19.0 Å². The number of aliphatic hydroxyl groups is 1. The molecule has 0 aliphatic carbocycles.